The number of carboxylic acids is 1. The maximum absolute atomic E-state index is 14.0. The number of aliphatic imine (C=N–C) groups is 1. The lowest BCUT2D eigenvalue weighted by molar-refractivity contribution is -0.136. The van der Waals surface area contributed by atoms with E-state index in [2.05, 4.69) is 15.2 Å². The molecule has 252 valence electrons. The Kier molecular flexibility index (Phi) is 9.15. The molecule has 3 aliphatic heterocycles. The van der Waals surface area contributed by atoms with E-state index in [1.165, 1.54) is 48.0 Å². The van der Waals surface area contributed by atoms with Gasteiger partial charge in [0.2, 0.25) is 0 Å². The number of ether oxygens (including phenoxy) is 1. The monoisotopic (exact) mass is 721 g/mol. The summed E-state index contributed by atoms with van der Waals surface area (Å²) in [6.45, 7) is 2.83. The number of piperazine rings is 1. The summed E-state index contributed by atoms with van der Waals surface area (Å²) in [6.07, 6.45) is 1.66. The molecular formula is C33H29ClFN7O5S2. The van der Waals surface area contributed by atoms with Crippen molar-refractivity contribution in [3.63, 3.8) is 0 Å². The minimum atomic E-state index is -0.989. The van der Waals surface area contributed by atoms with Crippen molar-refractivity contribution in [2.24, 2.45) is 4.99 Å². The maximum atomic E-state index is 14.0. The first kappa shape index (κ1) is 32.8. The Hall–Kier alpha value is -4.70. The number of rotatable bonds is 9. The Bertz CT molecular complexity index is 1980. The molecule has 2 aromatic heterocycles. The van der Waals surface area contributed by atoms with Crippen LogP contribution >= 0.6 is 34.3 Å². The van der Waals surface area contributed by atoms with Crippen molar-refractivity contribution in [2.45, 2.75) is 18.6 Å². The average molecular weight is 722 g/mol. The molecule has 2 N–H and O–H groups in total. The Morgan fingerprint density at radius 2 is 1.94 bits per heavy atom. The van der Waals surface area contributed by atoms with E-state index in [0.29, 0.717) is 61.4 Å². The van der Waals surface area contributed by atoms with E-state index in [1.807, 2.05) is 15.7 Å². The molecule has 0 aliphatic carbocycles. The quantitative estimate of drug-likeness (QED) is 0.231. The zero-order valence-corrected chi connectivity index (χ0v) is 28.4. The summed E-state index contributed by atoms with van der Waals surface area (Å²) in [5.74, 6) is -1.62. The Morgan fingerprint density at radius 3 is 2.65 bits per heavy atom. The molecule has 2 atom stereocenters. The Labute approximate surface area is 293 Å². The topological polar surface area (TPSA) is 141 Å². The van der Waals surface area contributed by atoms with Crippen molar-refractivity contribution in [1.82, 2.24) is 30.0 Å². The summed E-state index contributed by atoms with van der Waals surface area (Å²) in [4.78, 5) is 57.7. The van der Waals surface area contributed by atoms with Crippen molar-refractivity contribution >= 4 is 58.1 Å². The number of urea groups is 1. The molecule has 0 unspecified atom stereocenters. The maximum Gasteiger partial charge on any atom is 0.338 e. The number of aromatic nitrogens is 2. The third-order valence-corrected chi connectivity index (χ3v) is 10.6. The predicted molar refractivity (Wildman–Crippen MR) is 182 cm³/mol. The second kappa shape index (κ2) is 13.7. The van der Waals surface area contributed by atoms with Crippen LogP contribution in [0, 0.1) is 5.82 Å². The van der Waals surface area contributed by atoms with Crippen LogP contribution in [0.25, 0.3) is 11.3 Å². The van der Waals surface area contributed by atoms with Crippen LogP contribution in [0.1, 0.15) is 32.0 Å². The number of carboxylic acid groups (broad SMARTS) is 1. The van der Waals surface area contributed by atoms with E-state index < -0.39 is 23.8 Å². The molecule has 0 spiro atoms. The van der Waals surface area contributed by atoms with Crippen LogP contribution in [0.15, 0.2) is 75.7 Å². The van der Waals surface area contributed by atoms with E-state index in [1.54, 1.807) is 35.4 Å². The highest BCUT2D eigenvalue weighted by Gasteiger charge is 2.42. The number of thiazole rings is 2. The third kappa shape index (κ3) is 6.66. The third-order valence-electron chi connectivity index (χ3n) is 8.62. The Morgan fingerprint density at radius 1 is 1.12 bits per heavy atom. The molecule has 7 rings (SSSR count). The molecule has 49 heavy (non-hydrogen) atoms. The Balaban J connectivity index is 1.09. The van der Waals surface area contributed by atoms with Gasteiger partial charge in [-0.3, -0.25) is 9.89 Å². The highest BCUT2D eigenvalue weighted by Crippen LogP contribution is 2.37. The number of amidine groups is 1. The zero-order valence-electron chi connectivity index (χ0n) is 26.0. The summed E-state index contributed by atoms with van der Waals surface area (Å²) in [5, 5.41) is 17.8. The van der Waals surface area contributed by atoms with Gasteiger partial charge in [-0.05, 0) is 24.3 Å². The first-order valence-corrected chi connectivity index (χ1v) is 17.4. The summed E-state index contributed by atoms with van der Waals surface area (Å²) in [6, 6.07) is 9.54. The minimum Gasteiger partial charge on any atom is -0.478 e. The number of halogens is 2. The minimum absolute atomic E-state index is 0.0540. The van der Waals surface area contributed by atoms with Crippen LogP contribution in [-0.2, 0) is 16.1 Å². The standard InChI is InChI=1S/C33H29ClFN7O5S2/c1-47-32(45)27-24(38-29(30-36-8-11-48-30)39-28(27)22-7-6-20(35)12-23(22)34)15-40-9-10-42-21(13-40)14-41(33(42)46)16-26-37-25(17-49-26)18-2-4-19(5-3-18)31(43)44/h2-8,11-12,17,21,28H,9-10,13-16H2,1H3,(H,38,39)(H,43,44)/t21-,28-/m0/s1. The van der Waals surface area contributed by atoms with Gasteiger partial charge in [-0.25, -0.2) is 28.7 Å². The molecule has 4 aromatic rings. The molecule has 5 heterocycles. The van der Waals surface area contributed by atoms with E-state index in [-0.39, 0.29) is 28.2 Å². The van der Waals surface area contributed by atoms with Crippen molar-refractivity contribution in [1.29, 1.82) is 0 Å². The normalized spacial score (nSPS) is 19.5. The molecule has 2 fully saturated rings. The van der Waals surface area contributed by atoms with Crippen LogP contribution in [0.2, 0.25) is 5.02 Å². The number of carbonyl (C=O) groups is 3. The van der Waals surface area contributed by atoms with Gasteiger partial charge in [0.15, 0.2) is 10.8 Å². The number of nitrogens with one attached hydrogen (secondary N) is 1. The number of methoxy groups -OCH3 is 1. The number of nitrogens with zero attached hydrogens (tertiary/aromatic N) is 6. The summed E-state index contributed by atoms with van der Waals surface area (Å²) >= 11 is 9.33. The molecule has 0 bridgehead atoms. The van der Waals surface area contributed by atoms with E-state index >= 15 is 0 Å². The van der Waals surface area contributed by atoms with Gasteiger partial charge < -0.3 is 25.0 Å². The highest BCUT2D eigenvalue weighted by molar-refractivity contribution is 7.11. The van der Waals surface area contributed by atoms with Gasteiger partial charge in [-0.15, -0.1) is 22.7 Å². The number of hydrogen-bond acceptors (Lipinski definition) is 11. The van der Waals surface area contributed by atoms with Crippen molar-refractivity contribution in [3.8, 4) is 11.3 Å². The molecule has 2 saturated heterocycles. The van der Waals surface area contributed by atoms with Crippen LogP contribution in [0.4, 0.5) is 9.18 Å². The molecule has 12 nitrogen and oxygen atoms in total. The summed E-state index contributed by atoms with van der Waals surface area (Å²) in [7, 11) is 1.30. The molecule has 16 heteroatoms. The van der Waals surface area contributed by atoms with Crippen LogP contribution in [0.5, 0.6) is 0 Å². The number of carbonyl (C=O) groups excluding carboxylic acids is 2. The van der Waals surface area contributed by atoms with E-state index in [0.717, 1.165) is 16.3 Å². The van der Waals surface area contributed by atoms with Crippen LogP contribution < -0.4 is 5.32 Å². The van der Waals surface area contributed by atoms with Gasteiger partial charge in [-0.1, -0.05) is 29.8 Å². The second-order valence-corrected chi connectivity index (χ2v) is 13.9. The van der Waals surface area contributed by atoms with Gasteiger partial charge in [0.1, 0.15) is 16.9 Å². The zero-order chi connectivity index (χ0) is 34.2. The lowest BCUT2D eigenvalue weighted by atomic mass is 9.95. The number of benzene rings is 2. The molecule has 0 saturated carbocycles. The largest absolute Gasteiger partial charge is 0.478 e. The number of fused-ring (bicyclic) bond motifs is 1. The van der Waals surface area contributed by atoms with Crippen molar-refractivity contribution < 1.29 is 28.6 Å². The highest BCUT2D eigenvalue weighted by atomic mass is 35.5. The number of hydrogen-bond donors (Lipinski definition) is 2. The van der Waals surface area contributed by atoms with Gasteiger partial charge in [0.05, 0.1) is 36.5 Å². The fourth-order valence-corrected chi connectivity index (χ4v) is 7.95. The fourth-order valence-electron chi connectivity index (χ4n) is 6.27. The predicted octanol–water partition coefficient (Wildman–Crippen LogP) is 4.90. The van der Waals surface area contributed by atoms with Gasteiger partial charge >= 0.3 is 18.0 Å². The smallest absolute Gasteiger partial charge is 0.338 e. The number of amides is 2. The van der Waals surface area contributed by atoms with Crippen molar-refractivity contribution in [3.05, 3.63) is 103 Å². The second-order valence-electron chi connectivity index (χ2n) is 11.6. The summed E-state index contributed by atoms with van der Waals surface area (Å²) < 4.78 is 19.2. The molecule has 2 aromatic carbocycles. The summed E-state index contributed by atoms with van der Waals surface area (Å²) in [5.41, 5.74) is 3.02. The van der Waals surface area contributed by atoms with Crippen LogP contribution in [0.3, 0.4) is 0 Å². The number of esters is 1. The first-order chi connectivity index (χ1) is 23.7. The fraction of sp³-hybridized carbons (Fsp3) is 0.273. The van der Waals surface area contributed by atoms with E-state index in [4.69, 9.17) is 26.3 Å². The van der Waals surface area contributed by atoms with Gasteiger partial charge in [0.25, 0.3) is 0 Å². The average Bonchev–Trinajstić information content (AvgIpc) is 3.86. The van der Waals surface area contributed by atoms with Gasteiger partial charge in [0, 0.05) is 71.5 Å². The molecule has 2 amide bonds. The lowest BCUT2D eigenvalue weighted by Gasteiger charge is -2.38. The van der Waals surface area contributed by atoms with E-state index in [9.17, 15) is 23.9 Å². The number of aromatic carboxylic acids is 1. The lowest BCUT2D eigenvalue weighted by Crippen LogP contribution is -2.53. The van der Waals surface area contributed by atoms with Crippen molar-refractivity contribution in [2.75, 3.05) is 39.8 Å². The first-order valence-electron chi connectivity index (χ1n) is 15.3. The van der Waals surface area contributed by atoms with Gasteiger partial charge in [-0.2, -0.15) is 0 Å². The molecule has 0 radical (unpaired) electrons. The van der Waals surface area contributed by atoms with Crippen LogP contribution in [-0.4, -0.2) is 99.5 Å². The molecule has 3 aliphatic rings. The molecular weight excluding hydrogens is 693 g/mol. The SMILES string of the molecule is COC(=O)C1=C(CN2CCN3C(=O)N(Cc4nc(-c5ccc(C(=O)O)cc5)cs4)C[C@@H]3C2)NC(c2nccs2)=N[C@H]1c1ccc(F)cc1Cl.